The summed E-state index contributed by atoms with van der Waals surface area (Å²) in [6, 6.07) is 7.70. The Hall–Kier alpha value is -2.04. The molecule has 0 aliphatic carbocycles. The number of hydrogen-bond donors (Lipinski definition) is 3. The van der Waals surface area contributed by atoms with E-state index in [0.717, 1.165) is 5.56 Å². The lowest BCUT2D eigenvalue weighted by Gasteiger charge is -2.11. The van der Waals surface area contributed by atoms with Crippen LogP contribution in [0.4, 0.5) is 4.79 Å². The van der Waals surface area contributed by atoms with Gasteiger partial charge in [0.2, 0.25) is 0 Å². The van der Waals surface area contributed by atoms with Gasteiger partial charge in [0.05, 0.1) is 5.92 Å². The van der Waals surface area contributed by atoms with E-state index in [1.54, 1.807) is 6.92 Å². The maximum Gasteiger partial charge on any atom is 0.315 e. The number of carbonyl (C=O) groups is 2. The van der Waals surface area contributed by atoms with Gasteiger partial charge in [-0.3, -0.25) is 4.79 Å². The van der Waals surface area contributed by atoms with E-state index in [9.17, 15) is 9.59 Å². The molecule has 1 rings (SSSR count). The summed E-state index contributed by atoms with van der Waals surface area (Å²) < 4.78 is 0. The van der Waals surface area contributed by atoms with Gasteiger partial charge in [-0.2, -0.15) is 0 Å². The summed E-state index contributed by atoms with van der Waals surface area (Å²) in [6.45, 7) is 6.35. The van der Waals surface area contributed by atoms with Gasteiger partial charge < -0.3 is 15.7 Å². The van der Waals surface area contributed by atoms with Crippen LogP contribution in [0.1, 0.15) is 37.8 Å². The van der Waals surface area contributed by atoms with Crippen LogP contribution in [0.2, 0.25) is 0 Å². The Morgan fingerprint density at radius 1 is 1.10 bits per heavy atom. The summed E-state index contributed by atoms with van der Waals surface area (Å²) >= 11 is 0. The molecule has 0 spiro atoms. The van der Waals surface area contributed by atoms with Crippen LogP contribution in [0.3, 0.4) is 0 Å². The first-order valence-corrected chi connectivity index (χ1v) is 6.73. The summed E-state index contributed by atoms with van der Waals surface area (Å²) in [7, 11) is 0. The zero-order chi connectivity index (χ0) is 15.1. The summed E-state index contributed by atoms with van der Waals surface area (Å²) in [4.78, 5) is 22.1. The van der Waals surface area contributed by atoms with Crippen LogP contribution < -0.4 is 10.6 Å². The maximum absolute atomic E-state index is 11.5. The van der Waals surface area contributed by atoms with Crippen molar-refractivity contribution < 1.29 is 14.7 Å². The topological polar surface area (TPSA) is 78.4 Å². The van der Waals surface area contributed by atoms with Crippen molar-refractivity contribution in [2.75, 3.05) is 6.54 Å². The van der Waals surface area contributed by atoms with E-state index in [1.807, 2.05) is 24.3 Å². The molecule has 0 radical (unpaired) electrons. The van der Waals surface area contributed by atoms with Gasteiger partial charge in [0.15, 0.2) is 0 Å². The zero-order valence-electron chi connectivity index (χ0n) is 12.1. The first kappa shape index (κ1) is 16.0. The van der Waals surface area contributed by atoms with Crippen LogP contribution in [-0.2, 0) is 11.3 Å². The highest BCUT2D eigenvalue weighted by Crippen LogP contribution is 2.14. The van der Waals surface area contributed by atoms with Gasteiger partial charge in [0, 0.05) is 13.1 Å². The second-order valence-corrected chi connectivity index (χ2v) is 5.20. The van der Waals surface area contributed by atoms with Crippen LogP contribution in [0.15, 0.2) is 24.3 Å². The largest absolute Gasteiger partial charge is 0.481 e. The maximum atomic E-state index is 11.5. The minimum absolute atomic E-state index is 0.119. The van der Waals surface area contributed by atoms with Crippen molar-refractivity contribution >= 4 is 12.0 Å². The van der Waals surface area contributed by atoms with Crippen LogP contribution >= 0.6 is 0 Å². The number of benzene rings is 1. The molecule has 110 valence electrons. The Morgan fingerprint density at radius 2 is 1.70 bits per heavy atom. The molecular weight excluding hydrogens is 256 g/mol. The van der Waals surface area contributed by atoms with E-state index in [0.29, 0.717) is 12.5 Å². The normalized spacial score (nSPS) is 12.0. The molecule has 0 aromatic heterocycles. The molecule has 3 N–H and O–H groups in total. The molecule has 0 saturated carbocycles. The minimum Gasteiger partial charge on any atom is -0.481 e. The standard InChI is InChI=1S/C15H22N2O3/c1-10(2)13-6-4-12(5-7-13)9-17-15(20)16-8-11(3)14(18)19/h4-7,10-11H,8-9H2,1-3H3,(H,18,19)(H2,16,17,20). The number of urea groups is 1. The molecule has 0 aliphatic rings. The molecule has 5 nitrogen and oxygen atoms in total. The molecule has 1 atom stereocenters. The first-order chi connectivity index (χ1) is 9.40. The molecule has 2 amide bonds. The number of carboxylic acid groups (broad SMARTS) is 1. The molecule has 0 aliphatic heterocycles. The number of carbonyl (C=O) groups excluding carboxylic acids is 1. The van der Waals surface area contributed by atoms with Gasteiger partial charge in [-0.15, -0.1) is 0 Å². The summed E-state index contributed by atoms with van der Waals surface area (Å²) in [5, 5.41) is 13.9. The number of rotatable bonds is 6. The first-order valence-electron chi connectivity index (χ1n) is 6.73. The number of hydrogen-bond acceptors (Lipinski definition) is 2. The fourth-order valence-corrected chi connectivity index (χ4v) is 1.60. The van der Waals surface area contributed by atoms with Crippen LogP contribution in [-0.4, -0.2) is 23.7 Å². The van der Waals surface area contributed by atoms with E-state index in [-0.39, 0.29) is 12.6 Å². The predicted molar refractivity (Wildman–Crippen MR) is 77.6 cm³/mol. The second-order valence-electron chi connectivity index (χ2n) is 5.20. The molecule has 1 aromatic carbocycles. The second kappa shape index (κ2) is 7.53. The average Bonchev–Trinajstić information content (AvgIpc) is 2.42. The number of nitrogens with one attached hydrogen (secondary N) is 2. The zero-order valence-corrected chi connectivity index (χ0v) is 12.1. The molecule has 0 saturated heterocycles. The van der Waals surface area contributed by atoms with Crippen molar-refractivity contribution in [1.82, 2.24) is 10.6 Å². The molecule has 0 heterocycles. The Bertz CT molecular complexity index is 455. The quantitative estimate of drug-likeness (QED) is 0.747. The Labute approximate surface area is 119 Å². The Kier molecular flexibility index (Phi) is 6.03. The van der Waals surface area contributed by atoms with E-state index in [1.165, 1.54) is 5.56 Å². The van der Waals surface area contributed by atoms with Crippen molar-refractivity contribution in [2.45, 2.75) is 33.2 Å². The number of amides is 2. The van der Waals surface area contributed by atoms with E-state index < -0.39 is 11.9 Å². The highest BCUT2D eigenvalue weighted by atomic mass is 16.4. The summed E-state index contributed by atoms with van der Waals surface area (Å²) in [5.74, 6) is -1.03. The smallest absolute Gasteiger partial charge is 0.315 e. The van der Waals surface area contributed by atoms with Gasteiger partial charge in [0.25, 0.3) is 0 Å². The molecule has 0 fully saturated rings. The lowest BCUT2D eigenvalue weighted by Crippen LogP contribution is -2.38. The number of carboxylic acids is 1. The van der Waals surface area contributed by atoms with Crippen molar-refractivity contribution in [3.63, 3.8) is 0 Å². The fraction of sp³-hybridized carbons (Fsp3) is 0.467. The van der Waals surface area contributed by atoms with Crippen LogP contribution in [0, 0.1) is 5.92 Å². The van der Waals surface area contributed by atoms with Gasteiger partial charge in [-0.05, 0) is 17.0 Å². The molecule has 1 unspecified atom stereocenters. The predicted octanol–water partition coefficient (Wildman–Crippen LogP) is 2.33. The van der Waals surface area contributed by atoms with E-state index in [2.05, 4.69) is 24.5 Å². The number of aliphatic carboxylic acids is 1. The average molecular weight is 278 g/mol. The fourth-order valence-electron chi connectivity index (χ4n) is 1.60. The molecule has 0 bridgehead atoms. The van der Waals surface area contributed by atoms with Gasteiger partial charge in [-0.1, -0.05) is 45.0 Å². The summed E-state index contributed by atoms with van der Waals surface area (Å²) in [6.07, 6.45) is 0. The Morgan fingerprint density at radius 3 is 2.20 bits per heavy atom. The third-order valence-corrected chi connectivity index (χ3v) is 3.09. The molecule has 1 aromatic rings. The SMILES string of the molecule is CC(CNC(=O)NCc1ccc(C(C)C)cc1)C(=O)O. The van der Waals surface area contributed by atoms with E-state index in [4.69, 9.17) is 5.11 Å². The highest BCUT2D eigenvalue weighted by Gasteiger charge is 2.11. The third-order valence-electron chi connectivity index (χ3n) is 3.09. The minimum atomic E-state index is -0.922. The van der Waals surface area contributed by atoms with Gasteiger partial charge in [-0.25, -0.2) is 4.79 Å². The van der Waals surface area contributed by atoms with Crippen molar-refractivity contribution in [2.24, 2.45) is 5.92 Å². The molecule has 5 heteroatoms. The van der Waals surface area contributed by atoms with E-state index >= 15 is 0 Å². The lowest BCUT2D eigenvalue weighted by molar-refractivity contribution is -0.140. The van der Waals surface area contributed by atoms with Crippen LogP contribution in [0.25, 0.3) is 0 Å². The van der Waals surface area contributed by atoms with Crippen molar-refractivity contribution in [3.05, 3.63) is 35.4 Å². The molecular formula is C15H22N2O3. The third kappa shape index (κ3) is 5.30. The monoisotopic (exact) mass is 278 g/mol. The van der Waals surface area contributed by atoms with Crippen LogP contribution in [0.5, 0.6) is 0 Å². The van der Waals surface area contributed by atoms with Gasteiger partial charge >= 0.3 is 12.0 Å². The lowest BCUT2D eigenvalue weighted by atomic mass is 10.0. The van der Waals surface area contributed by atoms with Crippen molar-refractivity contribution in [3.8, 4) is 0 Å². The van der Waals surface area contributed by atoms with Gasteiger partial charge in [0.1, 0.15) is 0 Å². The van der Waals surface area contributed by atoms with Crippen molar-refractivity contribution in [1.29, 1.82) is 0 Å². The Balaban J connectivity index is 2.35. The highest BCUT2D eigenvalue weighted by molar-refractivity contribution is 5.75. The summed E-state index contributed by atoms with van der Waals surface area (Å²) in [5.41, 5.74) is 2.27. The molecule has 20 heavy (non-hydrogen) atoms.